The van der Waals surface area contributed by atoms with Crippen LogP contribution in [-0.2, 0) is 16.1 Å². The molecule has 0 bridgehead atoms. The number of rotatable bonds is 6. The molecule has 0 unspecified atom stereocenters. The number of nitrogens with zero attached hydrogens (tertiary/aromatic N) is 1. The Morgan fingerprint density at radius 3 is 2.56 bits per heavy atom. The number of hydrogen-bond donors (Lipinski definition) is 3. The lowest BCUT2D eigenvalue weighted by Crippen LogP contribution is -2.24. The van der Waals surface area contributed by atoms with Gasteiger partial charge in [0.25, 0.3) is 5.91 Å². The van der Waals surface area contributed by atoms with Gasteiger partial charge in [-0.1, -0.05) is 30.8 Å². The maximum Gasteiger partial charge on any atom is 0.421 e. The summed E-state index contributed by atoms with van der Waals surface area (Å²) in [5, 5.41) is 5.33. The van der Waals surface area contributed by atoms with E-state index in [9.17, 15) is 27.2 Å². The summed E-state index contributed by atoms with van der Waals surface area (Å²) in [6.07, 6.45) is -2.57. The standard InChI is InChI=1S/C25H18F4N4O3/c1-14(25(27,28)29)23(34)32-18-7-3-5-16(9-18)21-12-31-22-20(21)10-19(11-30-22)33-24(35)36-13-15-4-2-6-17(26)8-15/h2-12H,1,13H2,(H,30,31)(H,32,34)(H,33,35). The van der Waals surface area contributed by atoms with Gasteiger partial charge in [0, 0.05) is 22.8 Å². The Hall–Kier alpha value is -4.67. The van der Waals surface area contributed by atoms with Crippen LogP contribution in [0, 0.1) is 5.82 Å². The molecule has 0 aliphatic heterocycles. The molecule has 2 aromatic heterocycles. The quantitative estimate of drug-likeness (QED) is 0.219. The molecule has 3 N–H and O–H groups in total. The molecule has 7 nitrogen and oxygen atoms in total. The Morgan fingerprint density at radius 1 is 1.03 bits per heavy atom. The van der Waals surface area contributed by atoms with Crippen molar-refractivity contribution in [3.05, 3.63) is 90.5 Å². The number of halogens is 4. The van der Waals surface area contributed by atoms with E-state index in [1.807, 2.05) is 0 Å². The van der Waals surface area contributed by atoms with Crippen LogP contribution in [0.1, 0.15) is 5.56 Å². The van der Waals surface area contributed by atoms with E-state index < -0.39 is 29.6 Å². The molecule has 2 heterocycles. The molecule has 4 rings (SSSR count). The summed E-state index contributed by atoms with van der Waals surface area (Å²) in [6.45, 7) is 2.66. The van der Waals surface area contributed by atoms with Gasteiger partial charge in [-0.05, 0) is 41.5 Å². The molecular weight excluding hydrogens is 480 g/mol. The molecule has 2 aromatic carbocycles. The molecule has 36 heavy (non-hydrogen) atoms. The first-order valence-corrected chi connectivity index (χ1v) is 10.4. The monoisotopic (exact) mass is 498 g/mol. The highest BCUT2D eigenvalue weighted by atomic mass is 19.4. The van der Waals surface area contributed by atoms with Crippen molar-refractivity contribution in [3.8, 4) is 11.1 Å². The number of nitrogens with one attached hydrogen (secondary N) is 3. The highest BCUT2D eigenvalue weighted by Crippen LogP contribution is 2.31. The third-order valence-electron chi connectivity index (χ3n) is 5.08. The Kier molecular flexibility index (Phi) is 6.73. The van der Waals surface area contributed by atoms with E-state index in [1.54, 1.807) is 30.5 Å². The van der Waals surface area contributed by atoms with Crippen LogP contribution in [0.3, 0.4) is 0 Å². The van der Waals surface area contributed by atoms with Gasteiger partial charge in [-0.15, -0.1) is 0 Å². The highest BCUT2D eigenvalue weighted by molar-refractivity contribution is 6.05. The molecule has 0 aliphatic carbocycles. The maximum absolute atomic E-state index is 13.3. The zero-order valence-electron chi connectivity index (χ0n) is 18.4. The summed E-state index contributed by atoms with van der Waals surface area (Å²) in [4.78, 5) is 31.3. The minimum Gasteiger partial charge on any atom is -0.444 e. The fourth-order valence-electron chi connectivity index (χ4n) is 3.34. The van der Waals surface area contributed by atoms with Gasteiger partial charge in [0.05, 0.1) is 11.9 Å². The van der Waals surface area contributed by atoms with Gasteiger partial charge in [-0.25, -0.2) is 14.2 Å². The topological polar surface area (TPSA) is 96.1 Å². The van der Waals surface area contributed by atoms with Crippen molar-refractivity contribution in [1.29, 1.82) is 0 Å². The fourth-order valence-corrected chi connectivity index (χ4v) is 3.34. The molecule has 0 saturated heterocycles. The second-order valence-corrected chi connectivity index (χ2v) is 7.66. The van der Waals surface area contributed by atoms with E-state index in [1.165, 1.54) is 36.5 Å². The number of carbonyl (C=O) groups is 2. The number of alkyl halides is 3. The summed E-state index contributed by atoms with van der Waals surface area (Å²) in [5.74, 6) is -1.80. The van der Waals surface area contributed by atoms with Gasteiger partial charge in [0.2, 0.25) is 0 Å². The van der Waals surface area contributed by atoms with E-state index >= 15 is 0 Å². The first kappa shape index (κ1) is 24.5. The molecule has 0 radical (unpaired) electrons. The molecule has 0 spiro atoms. The van der Waals surface area contributed by atoms with Crippen LogP contribution in [0.4, 0.5) is 33.7 Å². The minimum absolute atomic E-state index is 0.131. The van der Waals surface area contributed by atoms with Crippen LogP contribution in [0.25, 0.3) is 22.2 Å². The number of amides is 2. The summed E-state index contributed by atoms with van der Waals surface area (Å²) in [7, 11) is 0. The lowest BCUT2D eigenvalue weighted by Gasteiger charge is -2.11. The van der Waals surface area contributed by atoms with Crippen molar-refractivity contribution in [2.24, 2.45) is 0 Å². The number of ether oxygens (including phenoxy) is 1. The number of carbonyl (C=O) groups excluding carboxylic acids is 2. The van der Waals surface area contributed by atoms with Crippen LogP contribution in [0.5, 0.6) is 0 Å². The zero-order chi connectivity index (χ0) is 25.9. The number of aromatic nitrogens is 2. The van der Waals surface area contributed by atoms with Gasteiger partial charge in [-0.2, -0.15) is 13.2 Å². The SMILES string of the molecule is C=C(C(=O)Nc1cccc(-c2c[nH]c3ncc(NC(=O)OCc4cccc(F)c4)cc23)c1)C(F)(F)F. The Balaban J connectivity index is 1.50. The molecule has 2 amide bonds. The van der Waals surface area contributed by atoms with Crippen molar-refractivity contribution >= 4 is 34.4 Å². The van der Waals surface area contributed by atoms with Gasteiger partial charge in [0.15, 0.2) is 0 Å². The van der Waals surface area contributed by atoms with Crippen LogP contribution in [0.2, 0.25) is 0 Å². The number of anilines is 2. The zero-order valence-corrected chi connectivity index (χ0v) is 18.4. The van der Waals surface area contributed by atoms with Gasteiger partial charge in [-0.3, -0.25) is 10.1 Å². The fraction of sp³-hybridized carbons (Fsp3) is 0.0800. The van der Waals surface area contributed by atoms with E-state index in [-0.39, 0.29) is 12.3 Å². The molecular formula is C25H18F4N4O3. The Bertz CT molecular complexity index is 1460. The van der Waals surface area contributed by atoms with Crippen LogP contribution < -0.4 is 10.6 Å². The predicted molar refractivity (Wildman–Crippen MR) is 126 cm³/mol. The normalized spacial score (nSPS) is 11.2. The number of H-pyrrole nitrogens is 1. The third-order valence-corrected chi connectivity index (χ3v) is 5.08. The first-order chi connectivity index (χ1) is 17.1. The smallest absolute Gasteiger partial charge is 0.421 e. The van der Waals surface area contributed by atoms with Crippen molar-refractivity contribution in [2.45, 2.75) is 12.8 Å². The average Bonchev–Trinajstić information content (AvgIpc) is 3.25. The Morgan fingerprint density at radius 2 is 1.81 bits per heavy atom. The van der Waals surface area contributed by atoms with Crippen LogP contribution in [0.15, 0.2) is 79.1 Å². The number of aromatic amines is 1. The van der Waals surface area contributed by atoms with E-state index in [0.29, 0.717) is 33.4 Å². The van der Waals surface area contributed by atoms with Crippen molar-refractivity contribution < 1.29 is 31.9 Å². The second-order valence-electron chi connectivity index (χ2n) is 7.66. The average molecular weight is 498 g/mol. The van der Waals surface area contributed by atoms with Gasteiger partial charge >= 0.3 is 12.3 Å². The molecule has 4 aromatic rings. The minimum atomic E-state index is -4.84. The van der Waals surface area contributed by atoms with Crippen LogP contribution in [-0.4, -0.2) is 28.1 Å². The summed E-state index contributed by atoms with van der Waals surface area (Å²) in [5.41, 5.74) is 1.12. The van der Waals surface area contributed by atoms with E-state index in [4.69, 9.17) is 4.74 Å². The molecule has 11 heteroatoms. The maximum atomic E-state index is 13.3. The predicted octanol–water partition coefficient (Wildman–Crippen LogP) is 6.17. The number of hydrogen-bond acceptors (Lipinski definition) is 4. The number of benzene rings is 2. The van der Waals surface area contributed by atoms with Gasteiger partial charge < -0.3 is 15.0 Å². The second kappa shape index (κ2) is 9.90. The Labute approximate surface area is 201 Å². The molecule has 0 aliphatic rings. The largest absolute Gasteiger partial charge is 0.444 e. The molecule has 0 atom stereocenters. The molecule has 0 fully saturated rings. The third kappa shape index (κ3) is 5.69. The number of pyridine rings is 1. The molecule has 0 saturated carbocycles. The van der Waals surface area contributed by atoms with Gasteiger partial charge in [0.1, 0.15) is 23.6 Å². The van der Waals surface area contributed by atoms with Crippen molar-refractivity contribution in [3.63, 3.8) is 0 Å². The number of fused-ring (bicyclic) bond motifs is 1. The van der Waals surface area contributed by atoms with Crippen LogP contribution >= 0.6 is 0 Å². The summed E-state index contributed by atoms with van der Waals surface area (Å²) >= 11 is 0. The lowest BCUT2D eigenvalue weighted by atomic mass is 10.0. The van der Waals surface area contributed by atoms with E-state index in [2.05, 4.69) is 27.2 Å². The summed E-state index contributed by atoms with van der Waals surface area (Å²) < 4.78 is 56.6. The van der Waals surface area contributed by atoms with Crippen molar-refractivity contribution in [2.75, 3.05) is 10.6 Å². The van der Waals surface area contributed by atoms with Crippen molar-refractivity contribution in [1.82, 2.24) is 9.97 Å². The lowest BCUT2D eigenvalue weighted by molar-refractivity contribution is -0.126. The highest BCUT2D eigenvalue weighted by Gasteiger charge is 2.36. The van der Waals surface area contributed by atoms with E-state index in [0.717, 1.165) is 0 Å². The first-order valence-electron chi connectivity index (χ1n) is 10.4. The molecule has 184 valence electrons. The summed E-state index contributed by atoms with van der Waals surface area (Å²) in [6, 6.07) is 13.5.